The summed E-state index contributed by atoms with van der Waals surface area (Å²) in [6.45, 7) is 3.32. The molecule has 0 fully saturated rings. The second kappa shape index (κ2) is 2.62. The van der Waals surface area contributed by atoms with Crippen molar-refractivity contribution in [1.29, 1.82) is 0 Å². The smallest absolute Gasteiger partial charge is 0.204 e. The fourth-order valence-corrected chi connectivity index (χ4v) is 1.06. The molecule has 1 aromatic rings. The number of anilines is 1. The molecule has 0 amide bonds. The fraction of sp³-hybridized carbons (Fsp3) is 0. The highest BCUT2D eigenvalue weighted by molar-refractivity contribution is 7.13. The Bertz CT molecular complexity index is 266. The number of carbonyl (C=O) groups is 1. The molecule has 0 spiro atoms. The van der Waals surface area contributed by atoms with E-state index in [1.165, 1.54) is 17.4 Å². The Morgan fingerprint density at radius 1 is 1.90 bits per heavy atom. The molecule has 0 atom stereocenters. The van der Waals surface area contributed by atoms with E-state index < -0.39 is 0 Å². The SMILES string of the molecule is C=CC(=O)c1csc(N)n1. The van der Waals surface area contributed by atoms with E-state index in [1.807, 2.05) is 0 Å². The topological polar surface area (TPSA) is 56.0 Å². The average molecular weight is 154 g/mol. The quantitative estimate of drug-likeness (QED) is 0.512. The van der Waals surface area contributed by atoms with Crippen LogP contribution in [-0.2, 0) is 0 Å². The van der Waals surface area contributed by atoms with E-state index in [0.29, 0.717) is 10.8 Å². The number of allylic oxidation sites excluding steroid dienone is 1. The molecular weight excluding hydrogens is 148 g/mol. The molecule has 1 aromatic heterocycles. The van der Waals surface area contributed by atoms with Gasteiger partial charge in [-0.15, -0.1) is 11.3 Å². The van der Waals surface area contributed by atoms with E-state index in [2.05, 4.69) is 11.6 Å². The zero-order chi connectivity index (χ0) is 7.56. The van der Waals surface area contributed by atoms with Crippen LogP contribution in [0.1, 0.15) is 10.5 Å². The third-order valence-corrected chi connectivity index (χ3v) is 1.63. The lowest BCUT2D eigenvalue weighted by Gasteiger charge is -1.82. The van der Waals surface area contributed by atoms with Crippen molar-refractivity contribution in [2.45, 2.75) is 0 Å². The maximum Gasteiger partial charge on any atom is 0.204 e. The van der Waals surface area contributed by atoms with E-state index in [1.54, 1.807) is 5.38 Å². The van der Waals surface area contributed by atoms with Gasteiger partial charge in [0.25, 0.3) is 0 Å². The lowest BCUT2D eigenvalue weighted by Crippen LogP contribution is -1.94. The van der Waals surface area contributed by atoms with Crippen LogP contribution in [0.25, 0.3) is 0 Å². The van der Waals surface area contributed by atoms with E-state index in [0.717, 1.165) is 0 Å². The van der Waals surface area contributed by atoms with Gasteiger partial charge in [0.1, 0.15) is 5.69 Å². The number of nitrogen functional groups attached to an aromatic ring is 1. The summed E-state index contributed by atoms with van der Waals surface area (Å²) in [6, 6.07) is 0. The van der Waals surface area contributed by atoms with Gasteiger partial charge in [-0.2, -0.15) is 0 Å². The first-order valence-electron chi connectivity index (χ1n) is 2.62. The van der Waals surface area contributed by atoms with Crippen LogP contribution in [0.5, 0.6) is 0 Å². The largest absolute Gasteiger partial charge is 0.375 e. The van der Waals surface area contributed by atoms with Crippen molar-refractivity contribution in [2.24, 2.45) is 0 Å². The van der Waals surface area contributed by atoms with Crippen LogP contribution < -0.4 is 5.73 Å². The van der Waals surface area contributed by atoms with Crippen molar-refractivity contribution >= 4 is 22.3 Å². The summed E-state index contributed by atoms with van der Waals surface area (Å²) in [7, 11) is 0. The van der Waals surface area contributed by atoms with Gasteiger partial charge in [-0.05, 0) is 6.08 Å². The van der Waals surface area contributed by atoms with Crippen LogP contribution in [0, 0.1) is 0 Å². The van der Waals surface area contributed by atoms with Crippen molar-refractivity contribution in [2.75, 3.05) is 5.73 Å². The van der Waals surface area contributed by atoms with E-state index >= 15 is 0 Å². The van der Waals surface area contributed by atoms with Gasteiger partial charge < -0.3 is 5.73 Å². The van der Waals surface area contributed by atoms with Gasteiger partial charge in [0, 0.05) is 5.38 Å². The van der Waals surface area contributed by atoms with Crippen molar-refractivity contribution in [3.63, 3.8) is 0 Å². The molecule has 0 aliphatic heterocycles. The monoisotopic (exact) mass is 154 g/mol. The third-order valence-electron chi connectivity index (χ3n) is 0.960. The number of rotatable bonds is 2. The highest BCUT2D eigenvalue weighted by Crippen LogP contribution is 2.11. The number of aromatic nitrogens is 1. The number of carbonyl (C=O) groups excluding carboxylic acids is 1. The van der Waals surface area contributed by atoms with Gasteiger partial charge >= 0.3 is 0 Å². The summed E-state index contributed by atoms with van der Waals surface area (Å²) in [6.07, 6.45) is 1.22. The Balaban J connectivity index is 2.95. The molecule has 1 heterocycles. The molecule has 0 aliphatic rings. The number of thiazole rings is 1. The molecule has 4 heteroatoms. The summed E-state index contributed by atoms with van der Waals surface area (Å²) < 4.78 is 0. The molecule has 0 unspecified atom stereocenters. The van der Waals surface area contributed by atoms with Crippen molar-refractivity contribution in [3.05, 3.63) is 23.7 Å². The predicted molar refractivity (Wildman–Crippen MR) is 41.1 cm³/mol. The van der Waals surface area contributed by atoms with Crippen molar-refractivity contribution in [3.8, 4) is 0 Å². The van der Waals surface area contributed by atoms with Gasteiger partial charge in [0.05, 0.1) is 0 Å². The molecule has 0 aliphatic carbocycles. The maximum atomic E-state index is 10.8. The van der Waals surface area contributed by atoms with E-state index in [-0.39, 0.29) is 5.78 Å². The van der Waals surface area contributed by atoms with E-state index in [4.69, 9.17) is 5.73 Å². The molecule has 0 saturated heterocycles. The van der Waals surface area contributed by atoms with Crippen molar-refractivity contribution < 1.29 is 4.79 Å². The molecular formula is C6H6N2OS. The van der Waals surface area contributed by atoms with Crippen molar-refractivity contribution in [1.82, 2.24) is 4.98 Å². The summed E-state index contributed by atoms with van der Waals surface area (Å²) >= 11 is 1.25. The number of hydrogen-bond donors (Lipinski definition) is 1. The molecule has 0 aromatic carbocycles. The standard InChI is InChI=1S/C6H6N2OS/c1-2-5(9)4-3-10-6(7)8-4/h2-3H,1H2,(H2,7,8). The Kier molecular flexibility index (Phi) is 1.82. The predicted octanol–water partition coefficient (Wildman–Crippen LogP) is 1.09. The molecule has 10 heavy (non-hydrogen) atoms. The second-order valence-corrected chi connectivity index (χ2v) is 2.53. The van der Waals surface area contributed by atoms with E-state index in [9.17, 15) is 4.79 Å². The van der Waals surface area contributed by atoms with Crippen LogP contribution in [0.2, 0.25) is 0 Å². The molecule has 1 rings (SSSR count). The Hall–Kier alpha value is -1.16. The number of ketones is 1. The summed E-state index contributed by atoms with van der Waals surface area (Å²) in [5.74, 6) is -0.187. The zero-order valence-corrected chi connectivity index (χ0v) is 6.02. The molecule has 0 bridgehead atoms. The second-order valence-electron chi connectivity index (χ2n) is 1.64. The molecule has 0 radical (unpaired) electrons. The highest BCUT2D eigenvalue weighted by atomic mass is 32.1. The minimum Gasteiger partial charge on any atom is -0.375 e. The third kappa shape index (κ3) is 1.22. The normalized spacial score (nSPS) is 9.20. The van der Waals surface area contributed by atoms with Crippen LogP contribution in [-0.4, -0.2) is 10.8 Å². The van der Waals surface area contributed by atoms with Crippen LogP contribution >= 0.6 is 11.3 Å². The average Bonchev–Trinajstić information content (AvgIpc) is 2.34. The Labute approximate surface area is 62.2 Å². The fourth-order valence-electron chi connectivity index (χ4n) is 0.505. The minimum atomic E-state index is -0.187. The number of nitrogens with zero attached hydrogens (tertiary/aromatic N) is 1. The summed E-state index contributed by atoms with van der Waals surface area (Å²) in [5.41, 5.74) is 5.66. The first kappa shape index (κ1) is 6.95. The molecule has 3 nitrogen and oxygen atoms in total. The number of hydrogen-bond acceptors (Lipinski definition) is 4. The number of nitrogens with two attached hydrogens (primary N) is 1. The van der Waals surface area contributed by atoms with Gasteiger partial charge in [-0.3, -0.25) is 4.79 Å². The molecule has 2 N–H and O–H groups in total. The highest BCUT2D eigenvalue weighted by Gasteiger charge is 2.03. The van der Waals surface area contributed by atoms with Gasteiger partial charge in [0.2, 0.25) is 5.78 Å². The van der Waals surface area contributed by atoms with Gasteiger partial charge in [-0.1, -0.05) is 6.58 Å². The Morgan fingerprint density at radius 2 is 2.60 bits per heavy atom. The minimum absolute atomic E-state index is 0.187. The lowest BCUT2D eigenvalue weighted by molar-refractivity contribution is 0.104. The van der Waals surface area contributed by atoms with Crippen LogP contribution in [0.15, 0.2) is 18.0 Å². The summed E-state index contributed by atoms with van der Waals surface area (Å²) in [4.78, 5) is 14.6. The summed E-state index contributed by atoms with van der Waals surface area (Å²) in [5, 5.41) is 2.02. The van der Waals surface area contributed by atoms with Gasteiger partial charge in [-0.25, -0.2) is 4.98 Å². The Morgan fingerprint density at radius 3 is 3.00 bits per heavy atom. The molecule has 52 valence electrons. The maximum absolute atomic E-state index is 10.8. The molecule has 0 saturated carbocycles. The van der Waals surface area contributed by atoms with Gasteiger partial charge in [0.15, 0.2) is 5.13 Å². The zero-order valence-electron chi connectivity index (χ0n) is 5.20. The first-order chi connectivity index (χ1) is 4.74. The first-order valence-corrected chi connectivity index (χ1v) is 3.50. The van der Waals surface area contributed by atoms with Crippen LogP contribution in [0.3, 0.4) is 0 Å². The lowest BCUT2D eigenvalue weighted by atomic mass is 10.3. The van der Waals surface area contributed by atoms with Crippen LogP contribution in [0.4, 0.5) is 5.13 Å².